The minimum atomic E-state index is 0.545. The van der Waals surface area contributed by atoms with E-state index in [1.165, 1.54) is 83.5 Å². The third kappa shape index (κ3) is 6.13. The Labute approximate surface area is 126 Å². The van der Waals surface area contributed by atoms with Crippen LogP contribution in [0.2, 0.25) is 0 Å². The Kier molecular flexibility index (Phi) is 7.97. The maximum atomic E-state index is 5.75. The lowest BCUT2D eigenvalue weighted by Crippen LogP contribution is -2.18. The van der Waals surface area contributed by atoms with Gasteiger partial charge >= 0.3 is 0 Å². The van der Waals surface area contributed by atoms with Crippen LogP contribution in [-0.2, 0) is 4.74 Å². The zero-order chi connectivity index (χ0) is 14.0. The van der Waals surface area contributed by atoms with Gasteiger partial charge in [0.05, 0.1) is 18.8 Å². The van der Waals surface area contributed by atoms with E-state index in [0.717, 1.165) is 18.7 Å². The van der Waals surface area contributed by atoms with E-state index in [9.17, 15) is 0 Å². The molecule has 0 radical (unpaired) electrons. The lowest BCUT2D eigenvalue weighted by atomic mass is 10.0. The Morgan fingerprint density at radius 3 is 1.80 bits per heavy atom. The van der Waals surface area contributed by atoms with Gasteiger partial charge in [0.15, 0.2) is 0 Å². The number of ether oxygens (including phenoxy) is 1. The van der Waals surface area contributed by atoms with E-state index in [2.05, 4.69) is 12.2 Å². The molecule has 2 heterocycles. The number of morpholine rings is 1. The second kappa shape index (κ2) is 9.78. The van der Waals surface area contributed by atoms with Gasteiger partial charge in [0.25, 0.3) is 0 Å². The maximum absolute atomic E-state index is 5.75. The summed E-state index contributed by atoms with van der Waals surface area (Å²) < 4.78 is 5.75. The topological polar surface area (TPSA) is 31.2 Å². The molecular weight excluding hydrogens is 246 g/mol. The highest BCUT2D eigenvalue weighted by molar-refractivity contribution is 5.07. The van der Waals surface area contributed by atoms with Crippen molar-refractivity contribution >= 4 is 0 Å². The van der Waals surface area contributed by atoms with Crippen LogP contribution in [0.1, 0.15) is 90.4 Å². The molecule has 0 aromatic rings. The molecule has 2 rings (SSSR count). The maximum Gasteiger partial charge on any atom is 0.0745 e. The first kappa shape index (κ1) is 16.3. The van der Waals surface area contributed by atoms with Crippen LogP contribution in [0.3, 0.4) is 0 Å². The van der Waals surface area contributed by atoms with E-state index in [1.54, 1.807) is 0 Å². The first-order chi connectivity index (χ1) is 9.92. The number of rotatable bonds is 13. The van der Waals surface area contributed by atoms with E-state index >= 15 is 0 Å². The molecule has 2 nitrogen and oxygen atoms in total. The number of hydrogen-bond donors (Lipinski definition) is 1. The fourth-order valence-electron chi connectivity index (χ4n) is 3.49. The molecule has 2 aliphatic rings. The average Bonchev–Trinajstić information content (AvgIpc) is 3.14. The van der Waals surface area contributed by atoms with E-state index in [-0.39, 0.29) is 0 Å². The van der Waals surface area contributed by atoms with Gasteiger partial charge in [-0.2, -0.15) is 0 Å². The van der Waals surface area contributed by atoms with Gasteiger partial charge in [0.2, 0.25) is 0 Å². The highest BCUT2D eigenvalue weighted by Crippen LogP contribution is 2.29. The van der Waals surface area contributed by atoms with Crippen molar-refractivity contribution in [3.8, 4) is 0 Å². The van der Waals surface area contributed by atoms with Crippen molar-refractivity contribution in [1.82, 2.24) is 5.32 Å². The summed E-state index contributed by atoms with van der Waals surface area (Å²) in [7, 11) is 0. The summed E-state index contributed by atoms with van der Waals surface area (Å²) in [4.78, 5) is 0. The van der Waals surface area contributed by atoms with E-state index in [1.807, 2.05) is 0 Å². The minimum absolute atomic E-state index is 0.545. The number of hydrogen-bond acceptors (Lipinski definition) is 2. The summed E-state index contributed by atoms with van der Waals surface area (Å²) in [5.74, 6) is 0. The molecule has 2 saturated heterocycles. The number of nitrogens with one attached hydrogen (secondary N) is 1. The quantitative estimate of drug-likeness (QED) is 0.388. The Morgan fingerprint density at radius 1 is 0.800 bits per heavy atom. The van der Waals surface area contributed by atoms with Gasteiger partial charge < -0.3 is 10.1 Å². The fourth-order valence-corrected chi connectivity index (χ4v) is 3.49. The van der Waals surface area contributed by atoms with Crippen LogP contribution in [0.15, 0.2) is 0 Å². The van der Waals surface area contributed by atoms with Crippen molar-refractivity contribution in [2.75, 3.05) is 6.61 Å². The molecule has 0 amide bonds. The van der Waals surface area contributed by atoms with Gasteiger partial charge in [0, 0.05) is 6.04 Å². The second-order valence-electron chi connectivity index (χ2n) is 6.85. The first-order valence-corrected chi connectivity index (χ1v) is 9.29. The van der Waals surface area contributed by atoms with Crippen LogP contribution in [0.5, 0.6) is 0 Å². The van der Waals surface area contributed by atoms with Gasteiger partial charge in [0.1, 0.15) is 0 Å². The molecule has 20 heavy (non-hydrogen) atoms. The average molecular weight is 281 g/mol. The van der Waals surface area contributed by atoms with E-state index in [0.29, 0.717) is 6.10 Å². The predicted octanol–water partition coefficient (Wildman–Crippen LogP) is 4.82. The standard InChI is InChI=1S/C18H35NO/c1-2-3-4-5-6-7-8-9-10-11-12-13-14-17-18-16(19-18)15-20-17/h16-19H,2-15H2,1H3/t16-,17-,18-/m0/s1. The molecule has 118 valence electrons. The third-order valence-electron chi connectivity index (χ3n) is 4.96. The summed E-state index contributed by atoms with van der Waals surface area (Å²) >= 11 is 0. The van der Waals surface area contributed by atoms with Crippen LogP contribution in [0.25, 0.3) is 0 Å². The van der Waals surface area contributed by atoms with Gasteiger partial charge in [-0.15, -0.1) is 0 Å². The summed E-state index contributed by atoms with van der Waals surface area (Å²) in [5.41, 5.74) is 0. The van der Waals surface area contributed by atoms with Gasteiger partial charge in [-0.1, -0.05) is 84.0 Å². The zero-order valence-electron chi connectivity index (χ0n) is 13.5. The molecule has 2 heteroatoms. The summed E-state index contributed by atoms with van der Waals surface area (Å²) in [6, 6.07) is 1.44. The van der Waals surface area contributed by atoms with Crippen LogP contribution >= 0.6 is 0 Å². The number of unbranched alkanes of at least 4 members (excludes halogenated alkanes) is 11. The fraction of sp³-hybridized carbons (Fsp3) is 1.00. The lowest BCUT2D eigenvalue weighted by Gasteiger charge is -2.11. The second-order valence-corrected chi connectivity index (χ2v) is 6.85. The highest BCUT2D eigenvalue weighted by atomic mass is 16.5. The van der Waals surface area contributed by atoms with Crippen molar-refractivity contribution in [2.24, 2.45) is 0 Å². The monoisotopic (exact) mass is 281 g/mol. The Morgan fingerprint density at radius 2 is 1.35 bits per heavy atom. The van der Waals surface area contributed by atoms with Crippen LogP contribution in [-0.4, -0.2) is 24.8 Å². The molecule has 0 spiro atoms. The zero-order valence-corrected chi connectivity index (χ0v) is 13.5. The van der Waals surface area contributed by atoms with Crippen LogP contribution in [0.4, 0.5) is 0 Å². The minimum Gasteiger partial charge on any atom is -0.375 e. The van der Waals surface area contributed by atoms with Crippen molar-refractivity contribution in [3.05, 3.63) is 0 Å². The molecule has 2 aliphatic heterocycles. The summed E-state index contributed by atoms with van der Waals surface area (Å²) in [6.07, 6.45) is 19.1. The molecule has 0 unspecified atom stereocenters. The van der Waals surface area contributed by atoms with Crippen molar-refractivity contribution in [2.45, 2.75) is 109 Å². The normalized spacial score (nSPS) is 27.8. The molecular formula is C18H35NO. The van der Waals surface area contributed by atoms with Crippen molar-refractivity contribution in [3.63, 3.8) is 0 Å². The molecule has 0 bridgehead atoms. The first-order valence-electron chi connectivity index (χ1n) is 9.29. The van der Waals surface area contributed by atoms with Gasteiger partial charge in [-0.25, -0.2) is 0 Å². The molecule has 1 N–H and O–H groups in total. The highest BCUT2D eigenvalue weighted by Gasteiger charge is 2.48. The molecule has 0 saturated carbocycles. The molecule has 0 aromatic heterocycles. The SMILES string of the molecule is CCCCCCCCCCCCCC[C@@H]1OC[C@@H]2N[C@@H]21. The molecule has 3 atom stereocenters. The smallest absolute Gasteiger partial charge is 0.0745 e. The number of fused-ring (bicyclic) bond motifs is 1. The predicted molar refractivity (Wildman–Crippen MR) is 86.1 cm³/mol. The van der Waals surface area contributed by atoms with Crippen LogP contribution < -0.4 is 5.32 Å². The summed E-state index contributed by atoms with van der Waals surface area (Å²) in [5, 5.41) is 3.49. The van der Waals surface area contributed by atoms with Crippen LogP contribution in [0, 0.1) is 0 Å². The van der Waals surface area contributed by atoms with Gasteiger partial charge in [-0.05, 0) is 6.42 Å². The van der Waals surface area contributed by atoms with E-state index in [4.69, 9.17) is 4.74 Å². The Bertz CT molecular complexity index is 244. The van der Waals surface area contributed by atoms with Gasteiger partial charge in [-0.3, -0.25) is 0 Å². The lowest BCUT2D eigenvalue weighted by molar-refractivity contribution is 0.0793. The molecule has 2 fully saturated rings. The van der Waals surface area contributed by atoms with Crippen molar-refractivity contribution in [1.29, 1.82) is 0 Å². The molecule has 0 aromatic carbocycles. The molecule has 0 aliphatic carbocycles. The van der Waals surface area contributed by atoms with E-state index < -0.39 is 0 Å². The Hall–Kier alpha value is -0.0800. The van der Waals surface area contributed by atoms with Crippen molar-refractivity contribution < 1.29 is 4.74 Å². The third-order valence-corrected chi connectivity index (χ3v) is 4.96. The Balaban J connectivity index is 1.26. The largest absolute Gasteiger partial charge is 0.375 e. The summed E-state index contributed by atoms with van der Waals surface area (Å²) in [6.45, 7) is 3.26.